The highest BCUT2D eigenvalue weighted by atomic mass is 16.5. The van der Waals surface area contributed by atoms with E-state index in [1.54, 1.807) is 7.11 Å². The molecule has 0 unspecified atom stereocenters. The van der Waals surface area contributed by atoms with Gasteiger partial charge >= 0.3 is 6.03 Å². The first-order chi connectivity index (χ1) is 15.5. The number of rotatable bonds is 7. The van der Waals surface area contributed by atoms with Crippen LogP contribution in [-0.2, 0) is 6.42 Å². The predicted molar refractivity (Wildman–Crippen MR) is 131 cm³/mol. The van der Waals surface area contributed by atoms with Crippen LogP contribution in [0.4, 0.5) is 21.9 Å². The standard InChI is InChI=1S/C26H30N4O2/c1-29(2)22-12-8-20(9-13-22)25(30-17-16-19-6-4-5-7-24(19)30)18-27-26(31)28-21-10-14-23(32-3)15-11-21/h4-15,25H,16-18H2,1-3H3,(H2,27,28,31)/t25-/m1/s1. The van der Waals surface area contributed by atoms with Crippen LogP contribution in [0.1, 0.15) is 17.2 Å². The largest absolute Gasteiger partial charge is 0.497 e. The fourth-order valence-electron chi connectivity index (χ4n) is 4.13. The normalized spacial score (nSPS) is 13.3. The maximum atomic E-state index is 12.6. The number of para-hydroxylation sites is 1. The highest BCUT2D eigenvalue weighted by Gasteiger charge is 2.27. The molecule has 4 rings (SSSR count). The number of urea groups is 1. The minimum atomic E-state index is -0.224. The van der Waals surface area contributed by atoms with Gasteiger partial charge < -0.3 is 25.2 Å². The molecule has 2 amide bonds. The Morgan fingerprint density at radius 1 is 1.03 bits per heavy atom. The molecule has 0 radical (unpaired) electrons. The molecule has 6 nitrogen and oxygen atoms in total. The van der Waals surface area contributed by atoms with Crippen molar-refractivity contribution in [3.8, 4) is 5.75 Å². The molecule has 1 aliphatic heterocycles. The number of methoxy groups -OCH3 is 1. The van der Waals surface area contributed by atoms with Gasteiger partial charge in [-0.25, -0.2) is 4.79 Å². The number of carbonyl (C=O) groups excluding carboxylic acids is 1. The van der Waals surface area contributed by atoms with Gasteiger partial charge in [-0.2, -0.15) is 0 Å². The van der Waals surface area contributed by atoms with Crippen LogP contribution in [0.25, 0.3) is 0 Å². The van der Waals surface area contributed by atoms with Crippen LogP contribution >= 0.6 is 0 Å². The average molecular weight is 431 g/mol. The van der Waals surface area contributed by atoms with Crippen LogP contribution < -0.4 is 25.2 Å². The van der Waals surface area contributed by atoms with Gasteiger partial charge in [-0.05, 0) is 60.0 Å². The molecule has 0 saturated heterocycles. The third-order valence-corrected chi connectivity index (χ3v) is 5.90. The zero-order chi connectivity index (χ0) is 22.5. The molecule has 0 bridgehead atoms. The maximum Gasteiger partial charge on any atom is 0.319 e. The lowest BCUT2D eigenvalue weighted by Crippen LogP contribution is -2.39. The van der Waals surface area contributed by atoms with E-state index in [1.165, 1.54) is 16.8 Å². The topological polar surface area (TPSA) is 56.8 Å². The van der Waals surface area contributed by atoms with Crippen LogP contribution in [-0.4, -0.2) is 40.3 Å². The van der Waals surface area contributed by atoms with E-state index in [4.69, 9.17) is 4.74 Å². The molecule has 166 valence electrons. The molecular weight excluding hydrogens is 400 g/mol. The highest BCUT2D eigenvalue weighted by molar-refractivity contribution is 5.89. The van der Waals surface area contributed by atoms with Gasteiger partial charge in [0.2, 0.25) is 0 Å². The molecule has 0 saturated carbocycles. The van der Waals surface area contributed by atoms with E-state index in [0.29, 0.717) is 6.54 Å². The third kappa shape index (κ3) is 4.80. The van der Waals surface area contributed by atoms with Crippen LogP contribution in [0.2, 0.25) is 0 Å². The molecule has 0 spiro atoms. The van der Waals surface area contributed by atoms with Crippen molar-refractivity contribution >= 4 is 23.1 Å². The van der Waals surface area contributed by atoms with Crippen LogP contribution in [0, 0.1) is 0 Å². The lowest BCUT2D eigenvalue weighted by Gasteiger charge is -2.31. The molecule has 0 aliphatic carbocycles. The molecule has 3 aromatic rings. The van der Waals surface area contributed by atoms with E-state index in [9.17, 15) is 4.79 Å². The number of nitrogens with one attached hydrogen (secondary N) is 2. The maximum absolute atomic E-state index is 12.6. The summed E-state index contributed by atoms with van der Waals surface area (Å²) < 4.78 is 5.17. The molecule has 3 aromatic carbocycles. The SMILES string of the molecule is COc1ccc(NC(=O)NC[C@H](c2ccc(N(C)C)cc2)N2CCc3ccccc32)cc1. The number of nitrogens with zero attached hydrogens (tertiary/aromatic N) is 2. The van der Waals surface area contributed by atoms with Gasteiger partial charge in [0, 0.05) is 44.2 Å². The lowest BCUT2D eigenvalue weighted by atomic mass is 10.0. The second-order valence-corrected chi connectivity index (χ2v) is 8.14. The minimum absolute atomic E-state index is 0.0384. The Hall–Kier alpha value is -3.67. The second kappa shape index (κ2) is 9.64. The van der Waals surface area contributed by atoms with Crippen molar-refractivity contribution < 1.29 is 9.53 Å². The number of hydrogen-bond acceptors (Lipinski definition) is 4. The zero-order valence-electron chi connectivity index (χ0n) is 18.8. The minimum Gasteiger partial charge on any atom is -0.497 e. The molecule has 1 heterocycles. The van der Waals surface area contributed by atoms with E-state index >= 15 is 0 Å². The van der Waals surface area contributed by atoms with Gasteiger partial charge in [0.05, 0.1) is 13.2 Å². The van der Waals surface area contributed by atoms with Crippen LogP contribution in [0.5, 0.6) is 5.75 Å². The summed E-state index contributed by atoms with van der Waals surface area (Å²) in [7, 11) is 5.69. The Morgan fingerprint density at radius 2 is 1.75 bits per heavy atom. The molecule has 1 aliphatic rings. The molecule has 1 atom stereocenters. The summed E-state index contributed by atoms with van der Waals surface area (Å²) in [5, 5.41) is 5.97. The summed E-state index contributed by atoms with van der Waals surface area (Å²) in [4.78, 5) is 17.1. The Bertz CT molecular complexity index is 1050. The van der Waals surface area contributed by atoms with Crippen LogP contribution in [0.15, 0.2) is 72.8 Å². The van der Waals surface area contributed by atoms with E-state index in [2.05, 4.69) is 69.0 Å². The Kier molecular flexibility index (Phi) is 6.50. The first kappa shape index (κ1) is 21.6. The lowest BCUT2D eigenvalue weighted by molar-refractivity contribution is 0.251. The summed E-state index contributed by atoms with van der Waals surface area (Å²) >= 11 is 0. The molecule has 32 heavy (non-hydrogen) atoms. The van der Waals surface area contributed by atoms with Crippen molar-refractivity contribution in [2.45, 2.75) is 12.5 Å². The Balaban J connectivity index is 1.51. The number of amides is 2. The van der Waals surface area contributed by atoms with Gasteiger partial charge in [-0.1, -0.05) is 30.3 Å². The summed E-state index contributed by atoms with van der Waals surface area (Å²) in [6, 6.07) is 24.2. The highest BCUT2D eigenvalue weighted by Crippen LogP contribution is 2.35. The number of benzene rings is 3. The van der Waals surface area contributed by atoms with Crippen molar-refractivity contribution in [2.24, 2.45) is 0 Å². The third-order valence-electron chi connectivity index (χ3n) is 5.90. The Labute approximate surface area is 189 Å². The summed E-state index contributed by atoms with van der Waals surface area (Å²) in [5.41, 5.74) is 5.65. The smallest absolute Gasteiger partial charge is 0.319 e. The first-order valence-electron chi connectivity index (χ1n) is 10.9. The van der Waals surface area contributed by atoms with Crippen molar-refractivity contribution in [1.29, 1.82) is 0 Å². The predicted octanol–water partition coefficient (Wildman–Crippen LogP) is 4.69. The van der Waals surface area contributed by atoms with E-state index in [0.717, 1.165) is 30.1 Å². The molecule has 2 N–H and O–H groups in total. The fourth-order valence-corrected chi connectivity index (χ4v) is 4.13. The van der Waals surface area contributed by atoms with Crippen molar-refractivity contribution in [3.05, 3.63) is 83.9 Å². The average Bonchev–Trinajstić information content (AvgIpc) is 3.24. The number of carbonyl (C=O) groups is 1. The van der Waals surface area contributed by atoms with Gasteiger partial charge in [-0.3, -0.25) is 0 Å². The first-order valence-corrected chi connectivity index (χ1v) is 10.9. The molecule has 0 aromatic heterocycles. The quantitative estimate of drug-likeness (QED) is 0.571. The zero-order valence-corrected chi connectivity index (χ0v) is 18.8. The number of ether oxygens (including phenoxy) is 1. The molecule has 0 fully saturated rings. The van der Waals surface area contributed by atoms with Crippen LogP contribution in [0.3, 0.4) is 0 Å². The van der Waals surface area contributed by atoms with Gasteiger partial charge in [-0.15, -0.1) is 0 Å². The number of fused-ring (bicyclic) bond motifs is 1. The monoisotopic (exact) mass is 430 g/mol. The van der Waals surface area contributed by atoms with Crippen molar-refractivity contribution in [3.63, 3.8) is 0 Å². The molecule has 6 heteroatoms. The van der Waals surface area contributed by atoms with Gasteiger partial charge in [0.1, 0.15) is 5.75 Å². The number of hydrogen-bond donors (Lipinski definition) is 2. The van der Waals surface area contributed by atoms with E-state index < -0.39 is 0 Å². The van der Waals surface area contributed by atoms with E-state index in [-0.39, 0.29) is 12.1 Å². The summed E-state index contributed by atoms with van der Waals surface area (Å²) in [6.45, 7) is 1.43. The number of anilines is 3. The van der Waals surface area contributed by atoms with Gasteiger partial charge in [0.15, 0.2) is 0 Å². The fraction of sp³-hybridized carbons (Fsp3) is 0.269. The van der Waals surface area contributed by atoms with Crippen molar-refractivity contribution in [2.75, 3.05) is 49.4 Å². The van der Waals surface area contributed by atoms with Crippen molar-refractivity contribution in [1.82, 2.24) is 5.32 Å². The van der Waals surface area contributed by atoms with E-state index in [1.807, 2.05) is 38.4 Å². The molecular formula is C26H30N4O2. The van der Waals surface area contributed by atoms with Gasteiger partial charge in [0.25, 0.3) is 0 Å². The Morgan fingerprint density at radius 3 is 2.44 bits per heavy atom. The summed E-state index contributed by atoms with van der Waals surface area (Å²) in [6.07, 6.45) is 1.01. The second-order valence-electron chi connectivity index (χ2n) is 8.14. The summed E-state index contributed by atoms with van der Waals surface area (Å²) in [5.74, 6) is 0.755.